The molecule has 2 N–H and O–H groups in total. The van der Waals surface area contributed by atoms with Crippen LogP contribution in [0.15, 0.2) is 23.1 Å². The molecule has 1 aromatic carbocycles. The molecule has 0 radical (unpaired) electrons. The van der Waals surface area contributed by atoms with Gasteiger partial charge in [-0.1, -0.05) is 17.7 Å². The van der Waals surface area contributed by atoms with Crippen molar-refractivity contribution in [3.05, 3.63) is 28.8 Å². The van der Waals surface area contributed by atoms with Gasteiger partial charge in [-0.2, -0.15) is 4.31 Å². The molecule has 1 unspecified atom stereocenters. The van der Waals surface area contributed by atoms with Crippen molar-refractivity contribution in [2.75, 3.05) is 27.2 Å². The third-order valence-corrected chi connectivity index (χ3v) is 6.05. The quantitative estimate of drug-likeness (QED) is 0.904. The molecule has 0 aliphatic carbocycles. The Kier molecular flexibility index (Phi) is 4.71. The summed E-state index contributed by atoms with van der Waals surface area (Å²) in [7, 11) is 0.397. The van der Waals surface area contributed by atoms with Gasteiger partial charge in [0.05, 0.1) is 5.02 Å². The summed E-state index contributed by atoms with van der Waals surface area (Å²) < 4.78 is 26.7. The van der Waals surface area contributed by atoms with E-state index in [9.17, 15) is 8.42 Å². The summed E-state index contributed by atoms with van der Waals surface area (Å²) in [5, 5.41) is 0.237. The second kappa shape index (κ2) is 5.99. The Hall–Kier alpha value is -0.660. The lowest BCUT2D eigenvalue weighted by Gasteiger charge is -2.20. The first-order valence-electron chi connectivity index (χ1n) is 6.51. The molecule has 1 fully saturated rings. The Labute approximate surface area is 125 Å². The fourth-order valence-electron chi connectivity index (χ4n) is 2.37. The number of likely N-dealkylation sites (N-methyl/N-ethyl adjacent to an activating group) is 1. The topological polar surface area (TPSA) is 66.6 Å². The summed E-state index contributed by atoms with van der Waals surface area (Å²) in [5.41, 5.74) is 6.35. The molecule has 20 heavy (non-hydrogen) atoms. The Balaban J connectivity index is 2.27. The molecule has 5 nitrogen and oxygen atoms in total. The van der Waals surface area contributed by atoms with Gasteiger partial charge in [-0.3, -0.25) is 0 Å². The minimum absolute atomic E-state index is 0.163. The summed E-state index contributed by atoms with van der Waals surface area (Å²) in [6, 6.07) is 5.13. The van der Waals surface area contributed by atoms with E-state index in [0.717, 1.165) is 12.0 Å². The zero-order valence-corrected chi connectivity index (χ0v) is 13.3. The van der Waals surface area contributed by atoms with Crippen molar-refractivity contribution in [1.82, 2.24) is 9.21 Å². The summed E-state index contributed by atoms with van der Waals surface area (Å²) in [6.07, 6.45) is 0.838. The lowest BCUT2D eigenvalue weighted by atomic mass is 10.2. The van der Waals surface area contributed by atoms with Crippen LogP contribution in [-0.2, 0) is 16.6 Å². The number of sulfonamides is 1. The fourth-order valence-corrected chi connectivity index (χ4v) is 4.40. The average molecular weight is 318 g/mol. The van der Waals surface area contributed by atoms with Gasteiger partial charge in [0.1, 0.15) is 4.90 Å². The maximum Gasteiger partial charge on any atom is 0.244 e. The minimum Gasteiger partial charge on any atom is -0.326 e. The SMILES string of the molecule is CN(C)C1CCN(S(=O)(=O)c2ccc(CN)cc2Cl)C1. The predicted octanol–water partition coefficient (Wildman–Crippen LogP) is 1.12. The van der Waals surface area contributed by atoms with Crippen molar-refractivity contribution >= 4 is 21.6 Å². The molecule has 1 aromatic rings. The van der Waals surface area contributed by atoms with E-state index in [2.05, 4.69) is 4.90 Å². The van der Waals surface area contributed by atoms with Gasteiger partial charge in [0.15, 0.2) is 0 Å². The van der Waals surface area contributed by atoms with Gasteiger partial charge in [0.2, 0.25) is 10.0 Å². The van der Waals surface area contributed by atoms with Gasteiger partial charge < -0.3 is 10.6 Å². The van der Waals surface area contributed by atoms with E-state index < -0.39 is 10.0 Å². The van der Waals surface area contributed by atoms with Gasteiger partial charge in [-0.25, -0.2) is 8.42 Å². The average Bonchev–Trinajstić information content (AvgIpc) is 2.88. The molecule has 0 bridgehead atoms. The Morgan fingerprint density at radius 2 is 2.15 bits per heavy atom. The van der Waals surface area contributed by atoms with Gasteiger partial charge >= 0.3 is 0 Å². The summed E-state index contributed by atoms with van der Waals surface area (Å²) in [4.78, 5) is 2.21. The molecule has 1 heterocycles. The van der Waals surface area contributed by atoms with Crippen LogP contribution in [0.25, 0.3) is 0 Å². The molecule has 2 rings (SSSR count). The number of rotatable bonds is 4. The first kappa shape index (κ1) is 15.7. The highest BCUT2D eigenvalue weighted by Crippen LogP contribution is 2.28. The number of nitrogens with zero attached hydrogens (tertiary/aromatic N) is 2. The van der Waals surface area contributed by atoms with E-state index in [-0.39, 0.29) is 16.0 Å². The van der Waals surface area contributed by atoms with Crippen molar-refractivity contribution in [1.29, 1.82) is 0 Å². The summed E-state index contributed by atoms with van der Waals surface area (Å²) >= 11 is 6.10. The number of halogens is 1. The highest BCUT2D eigenvalue weighted by Gasteiger charge is 2.34. The van der Waals surface area contributed by atoms with Crippen LogP contribution >= 0.6 is 11.6 Å². The molecule has 112 valence electrons. The smallest absolute Gasteiger partial charge is 0.244 e. The fraction of sp³-hybridized carbons (Fsp3) is 0.538. The Morgan fingerprint density at radius 1 is 1.45 bits per heavy atom. The number of nitrogens with two attached hydrogens (primary N) is 1. The van der Waals surface area contributed by atoms with E-state index in [4.69, 9.17) is 17.3 Å². The molecule has 0 saturated carbocycles. The number of benzene rings is 1. The van der Waals surface area contributed by atoms with E-state index in [1.165, 1.54) is 4.31 Å². The molecule has 1 saturated heterocycles. The molecule has 7 heteroatoms. The van der Waals surface area contributed by atoms with Gasteiger partial charge in [-0.05, 0) is 38.2 Å². The largest absolute Gasteiger partial charge is 0.326 e. The monoisotopic (exact) mass is 317 g/mol. The summed E-state index contributed by atoms with van der Waals surface area (Å²) in [6.45, 7) is 1.37. The highest BCUT2D eigenvalue weighted by atomic mass is 35.5. The third kappa shape index (κ3) is 2.99. The molecule has 0 spiro atoms. The van der Waals surface area contributed by atoms with Crippen molar-refractivity contribution in [2.24, 2.45) is 5.73 Å². The van der Waals surface area contributed by atoms with Crippen LogP contribution in [0.2, 0.25) is 5.02 Å². The van der Waals surface area contributed by atoms with E-state index in [0.29, 0.717) is 19.6 Å². The maximum absolute atomic E-state index is 12.6. The van der Waals surface area contributed by atoms with Gasteiger partial charge in [0.25, 0.3) is 0 Å². The van der Waals surface area contributed by atoms with Crippen molar-refractivity contribution in [3.8, 4) is 0 Å². The van der Waals surface area contributed by atoms with Crippen LogP contribution in [0.4, 0.5) is 0 Å². The standard InChI is InChI=1S/C13H20ClN3O2S/c1-16(2)11-5-6-17(9-11)20(18,19)13-4-3-10(8-15)7-12(13)14/h3-4,7,11H,5-6,8-9,15H2,1-2H3. The zero-order chi connectivity index (χ0) is 14.9. The Bertz CT molecular complexity index is 589. The molecule has 0 amide bonds. The van der Waals surface area contributed by atoms with Crippen LogP contribution < -0.4 is 5.73 Å². The van der Waals surface area contributed by atoms with E-state index in [1.807, 2.05) is 14.1 Å². The van der Waals surface area contributed by atoms with Crippen molar-refractivity contribution < 1.29 is 8.42 Å². The van der Waals surface area contributed by atoms with Crippen LogP contribution in [0.3, 0.4) is 0 Å². The van der Waals surface area contributed by atoms with Crippen molar-refractivity contribution in [3.63, 3.8) is 0 Å². The van der Waals surface area contributed by atoms with Gasteiger partial charge in [0, 0.05) is 25.7 Å². The molecule has 1 aliphatic heterocycles. The Morgan fingerprint density at radius 3 is 2.65 bits per heavy atom. The highest BCUT2D eigenvalue weighted by molar-refractivity contribution is 7.89. The first-order valence-corrected chi connectivity index (χ1v) is 8.33. The maximum atomic E-state index is 12.6. The lowest BCUT2D eigenvalue weighted by Crippen LogP contribution is -2.34. The minimum atomic E-state index is -3.53. The van der Waals surface area contributed by atoms with Gasteiger partial charge in [-0.15, -0.1) is 0 Å². The van der Waals surface area contributed by atoms with Crippen LogP contribution in [0.1, 0.15) is 12.0 Å². The van der Waals surface area contributed by atoms with E-state index >= 15 is 0 Å². The second-order valence-electron chi connectivity index (χ2n) is 5.24. The predicted molar refractivity (Wildman–Crippen MR) is 80.2 cm³/mol. The van der Waals surface area contributed by atoms with Crippen LogP contribution in [0.5, 0.6) is 0 Å². The van der Waals surface area contributed by atoms with Crippen LogP contribution in [-0.4, -0.2) is 50.8 Å². The number of hydrogen-bond acceptors (Lipinski definition) is 4. The lowest BCUT2D eigenvalue weighted by molar-refractivity contribution is 0.302. The molecule has 1 atom stereocenters. The molecular formula is C13H20ClN3O2S. The molecule has 1 aliphatic rings. The number of hydrogen-bond donors (Lipinski definition) is 1. The van der Waals surface area contributed by atoms with Crippen molar-refractivity contribution in [2.45, 2.75) is 23.9 Å². The normalized spacial score (nSPS) is 20.8. The molecular weight excluding hydrogens is 298 g/mol. The van der Waals surface area contributed by atoms with Crippen LogP contribution in [0, 0.1) is 0 Å². The molecule has 0 aromatic heterocycles. The second-order valence-corrected chi connectivity index (χ2v) is 7.55. The van der Waals surface area contributed by atoms with E-state index in [1.54, 1.807) is 18.2 Å². The first-order chi connectivity index (χ1) is 9.36. The summed E-state index contributed by atoms with van der Waals surface area (Å²) in [5.74, 6) is 0. The third-order valence-electron chi connectivity index (χ3n) is 3.71. The zero-order valence-electron chi connectivity index (χ0n) is 11.7.